The summed E-state index contributed by atoms with van der Waals surface area (Å²) in [5.74, 6) is 0.680. The fourth-order valence-corrected chi connectivity index (χ4v) is 3.34. The van der Waals surface area contributed by atoms with Crippen LogP contribution in [0.4, 0.5) is 9.93 Å². The summed E-state index contributed by atoms with van der Waals surface area (Å²) >= 11 is 1.32. The number of hydrogen-bond donors (Lipinski definition) is 3. The number of aromatic amines is 1. The molecule has 2 aromatic carbocycles. The lowest BCUT2D eigenvalue weighted by molar-refractivity contribution is 0.251. The number of anilines is 1. The van der Waals surface area contributed by atoms with Crippen LogP contribution in [0.15, 0.2) is 42.5 Å². The molecule has 2 amide bonds. The number of thiazole rings is 1. The maximum absolute atomic E-state index is 12.1. The average Bonchev–Trinajstić information content (AvgIpc) is 3.21. The third-order valence-corrected chi connectivity index (χ3v) is 4.53. The van der Waals surface area contributed by atoms with Gasteiger partial charge in [-0.15, -0.1) is 0 Å². The van der Waals surface area contributed by atoms with Crippen LogP contribution in [0.3, 0.4) is 0 Å². The predicted octanol–water partition coefficient (Wildman–Crippen LogP) is 3.37. The van der Waals surface area contributed by atoms with Gasteiger partial charge in [-0.3, -0.25) is 5.32 Å². The number of carbonyl (C=O) groups excluding carboxylic acids is 1. The molecule has 0 aliphatic heterocycles. The van der Waals surface area contributed by atoms with Gasteiger partial charge in [0, 0.05) is 0 Å². The number of benzene rings is 2. The van der Waals surface area contributed by atoms with Crippen molar-refractivity contribution in [2.24, 2.45) is 0 Å². The van der Waals surface area contributed by atoms with Crippen molar-refractivity contribution >= 4 is 43.7 Å². The van der Waals surface area contributed by atoms with Crippen molar-refractivity contribution in [2.75, 3.05) is 5.32 Å². The Hall–Kier alpha value is -3.44. The maximum atomic E-state index is 12.1. The molecule has 0 unspecified atom stereocenters. The van der Waals surface area contributed by atoms with Crippen LogP contribution in [0.5, 0.6) is 0 Å². The monoisotopic (exact) mass is 348 g/mol. The number of urea groups is 1. The Labute approximate surface area is 146 Å². The molecule has 0 bridgehead atoms. The summed E-state index contributed by atoms with van der Waals surface area (Å²) in [6, 6.07) is 14.6. The highest BCUT2D eigenvalue weighted by atomic mass is 32.1. The maximum Gasteiger partial charge on any atom is 0.321 e. The van der Waals surface area contributed by atoms with Crippen LogP contribution in [0.2, 0.25) is 0 Å². The minimum atomic E-state index is -0.361. The van der Waals surface area contributed by atoms with E-state index in [4.69, 9.17) is 5.26 Å². The molecule has 2 heterocycles. The quantitative estimate of drug-likeness (QED) is 0.527. The SMILES string of the molecule is N#Cc1ccc2nc(NC(=O)NCc3nc4ccccc4[nH]3)sc2c1. The van der Waals surface area contributed by atoms with E-state index in [0.717, 1.165) is 21.3 Å². The van der Waals surface area contributed by atoms with E-state index in [-0.39, 0.29) is 12.6 Å². The number of imidazole rings is 1. The molecule has 0 fully saturated rings. The number of aromatic nitrogens is 3. The van der Waals surface area contributed by atoms with E-state index >= 15 is 0 Å². The van der Waals surface area contributed by atoms with Gasteiger partial charge in [-0.05, 0) is 30.3 Å². The highest BCUT2D eigenvalue weighted by Gasteiger charge is 2.09. The molecule has 3 N–H and O–H groups in total. The zero-order chi connectivity index (χ0) is 17.2. The van der Waals surface area contributed by atoms with E-state index in [2.05, 4.69) is 31.7 Å². The second-order valence-electron chi connectivity index (χ2n) is 5.32. The number of para-hydroxylation sites is 2. The van der Waals surface area contributed by atoms with Crippen molar-refractivity contribution in [1.29, 1.82) is 5.26 Å². The molecule has 8 heteroatoms. The Bertz CT molecular complexity index is 1090. The largest absolute Gasteiger partial charge is 0.340 e. The van der Waals surface area contributed by atoms with Crippen molar-refractivity contribution in [3.63, 3.8) is 0 Å². The topological polar surface area (TPSA) is 106 Å². The first-order chi connectivity index (χ1) is 12.2. The molecule has 0 atom stereocenters. The molecule has 7 nitrogen and oxygen atoms in total. The first-order valence-corrected chi connectivity index (χ1v) is 8.32. The van der Waals surface area contributed by atoms with Crippen molar-refractivity contribution in [3.05, 3.63) is 53.9 Å². The number of carbonyl (C=O) groups is 1. The number of nitrogens with one attached hydrogen (secondary N) is 3. The molecule has 0 radical (unpaired) electrons. The van der Waals surface area contributed by atoms with Crippen LogP contribution < -0.4 is 10.6 Å². The van der Waals surface area contributed by atoms with Gasteiger partial charge in [-0.2, -0.15) is 5.26 Å². The minimum absolute atomic E-state index is 0.282. The zero-order valence-corrected chi connectivity index (χ0v) is 13.7. The standard InChI is InChI=1S/C17H12N6OS/c18-8-10-5-6-13-14(7-10)25-17(22-13)23-16(24)19-9-15-20-11-3-1-2-4-12(11)21-15/h1-7H,9H2,(H,20,21)(H2,19,22,23,24). The first kappa shape index (κ1) is 15.1. The van der Waals surface area contributed by atoms with Gasteiger partial charge < -0.3 is 10.3 Å². The average molecular weight is 348 g/mol. The summed E-state index contributed by atoms with van der Waals surface area (Å²) in [5.41, 5.74) is 3.10. The Morgan fingerprint density at radius 2 is 2.08 bits per heavy atom. The minimum Gasteiger partial charge on any atom is -0.340 e. The summed E-state index contributed by atoms with van der Waals surface area (Å²) in [7, 11) is 0. The lowest BCUT2D eigenvalue weighted by Crippen LogP contribution is -2.28. The molecule has 0 aliphatic rings. The Balaban J connectivity index is 1.42. The number of rotatable bonds is 3. The molecule has 0 spiro atoms. The van der Waals surface area contributed by atoms with E-state index < -0.39 is 0 Å². The lowest BCUT2D eigenvalue weighted by atomic mass is 10.2. The Morgan fingerprint density at radius 1 is 1.20 bits per heavy atom. The second kappa shape index (κ2) is 6.22. The van der Waals surface area contributed by atoms with Crippen LogP contribution in [0.1, 0.15) is 11.4 Å². The molecule has 2 aromatic heterocycles. The number of fused-ring (bicyclic) bond motifs is 2. The summed E-state index contributed by atoms with van der Waals surface area (Å²) in [5, 5.41) is 14.9. The summed E-state index contributed by atoms with van der Waals surface area (Å²) in [6.45, 7) is 0.282. The van der Waals surface area contributed by atoms with Crippen LogP contribution in [0, 0.1) is 11.3 Å². The lowest BCUT2D eigenvalue weighted by Gasteiger charge is -2.02. The van der Waals surface area contributed by atoms with E-state index in [0.29, 0.717) is 16.5 Å². The van der Waals surface area contributed by atoms with Gasteiger partial charge >= 0.3 is 6.03 Å². The van der Waals surface area contributed by atoms with Gasteiger partial charge in [-0.25, -0.2) is 14.8 Å². The van der Waals surface area contributed by atoms with Crippen molar-refractivity contribution < 1.29 is 4.79 Å². The van der Waals surface area contributed by atoms with Crippen LogP contribution in [0.25, 0.3) is 21.3 Å². The molecule has 4 aromatic rings. The van der Waals surface area contributed by atoms with Crippen LogP contribution >= 0.6 is 11.3 Å². The molecule has 4 rings (SSSR count). The first-order valence-electron chi connectivity index (χ1n) is 7.50. The van der Waals surface area contributed by atoms with Gasteiger partial charge in [0.1, 0.15) is 5.82 Å². The van der Waals surface area contributed by atoms with Gasteiger partial charge in [-0.1, -0.05) is 23.5 Å². The molecule has 0 saturated carbocycles. The summed E-state index contributed by atoms with van der Waals surface area (Å²) < 4.78 is 0.853. The van der Waals surface area contributed by atoms with Crippen LogP contribution in [-0.2, 0) is 6.54 Å². The third-order valence-electron chi connectivity index (χ3n) is 3.59. The van der Waals surface area contributed by atoms with Gasteiger partial charge in [0.2, 0.25) is 0 Å². The van der Waals surface area contributed by atoms with Gasteiger partial charge in [0.05, 0.1) is 39.4 Å². The predicted molar refractivity (Wildman–Crippen MR) is 96.3 cm³/mol. The van der Waals surface area contributed by atoms with Gasteiger partial charge in [0.25, 0.3) is 0 Å². The van der Waals surface area contributed by atoms with Crippen LogP contribution in [-0.4, -0.2) is 21.0 Å². The number of hydrogen-bond acceptors (Lipinski definition) is 5. The summed E-state index contributed by atoms with van der Waals surface area (Å²) in [4.78, 5) is 23.9. The molecule has 0 saturated heterocycles. The van der Waals surface area contributed by atoms with E-state index in [9.17, 15) is 4.79 Å². The molecule has 122 valence electrons. The smallest absolute Gasteiger partial charge is 0.321 e. The third kappa shape index (κ3) is 3.13. The van der Waals surface area contributed by atoms with E-state index in [1.165, 1.54) is 11.3 Å². The number of amides is 2. The summed E-state index contributed by atoms with van der Waals surface area (Å²) in [6.07, 6.45) is 0. The highest BCUT2D eigenvalue weighted by molar-refractivity contribution is 7.22. The number of nitriles is 1. The fraction of sp³-hybridized carbons (Fsp3) is 0.0588. The zero-order valence-electron chi connectivity index (χ0n) is 12.9. The van der Waals surface area contributed by atoms with Crippen molar-refractivity contribution in [2.45, 2.75) is 6.54 Å². The highest BCUT2D eigenvalue weighted by Crippen LogP contribution is 2.26. The molecule has 25 heavy (non-hydrogen) atoms. The number of H-pyrrole nitrogens is 1. The van der Waals surface area contributed by atoms with Crippen molar-refractivity contribution in [1.82, 2.24) is 20.3 Å². The molecule has 0 aliphatic carbocycles. The second-order valence-corrected chi connectivity index (χ2v) is 6.35. The fourth-order valence-electron chi connectivity index (χ4n) is 2.44. The Kier molecular flexibility index (Phi) is 3.76. The Morgan fingerprint density at radius 3 is 2.92 bits per heavy atom. The van der Waals surface area contributed by atoms with Crippen molar-refractivity contribution in [3.8, 4) is 6.07 Å². The van der Waals surface area contributed by atoms with Gasteiger partial charge in [0.15, 0.2) is 5.13 Å². The normalized spacial score (nSPS) is 10.7. The van der Waals surface area contributed by atoms with E-state index in [1.54, 1.807) is 18.2 Å². The molecular weight excluding hydrogens is 336 g/mol. The van der Waals surface area contributed by atoms with E-state index in [1.807, 2.05) is 24.3 Å². The molecular formula is C17H12N6OS. The number of nitrogens with zero attached hydrogens (tertiary/aromatic N) is 3.